The van der Waals surface area contributed by atoms with Gasteiger partial charge in [-0.3, -0.25) is 0 Å². The van der Waals surface area contributed by atoms with Crippen molar-refractivity contribution >= 4 is 28.3 Å². The molecule has 0 aliphatic rings. The quantitative estimate of drug-likeness (QED) is 0.328. The molecule has 1 nitrogen and oxygen atoms in total. The van der Waals surface area contributed by atoms with E-state index in [1.54, 1.807) is 0 Å². The molecule has 0 spiro atoms. The van der Waals surface area contributed by atoms with Crippen molar-refractivity contribution < 1.29 is 17.1 Å². The molecule has 0 saturated carbocycles. The number of unbranched alkanes of at least 4 members (excludes halogenated alkanes) is 2. The van der Waals surface area contributed by atoms with E-state index in [0.29, 0.717) is 0 Å². The molecule has 0 aromatic heterocycles. The summed E-state index contributed by atoms with van der Waals surface area (Å²) < 4.78 is 1.01. The van der Waals surface area contributed by atoms with Gasteiger partial charge >= 0.3 is 0 Å². The van der Waals surface area contributed by atoms with E-state index < -0.39 is 0 Å². The summed E-state index contributed by atoms with van der Waals surface area (Å²) in [4.78, 5) is 0. The van der Waals surface area contributed by atoms with E-state index in [1.165, 1.54) is 57.1 Å². The Bertz CT molecular complexity index is 215. The molecule has 1 radical (unpaired) electrons. The number of rotatable bonds is 12. The first-order chi connectivity index (χ1) is 9.67. The predicted molar refractivity (Wildman–Crippen MR) is 99.7 cm³/mol. The number of thioether (sulfide) groups is 1. The number of nitrogens with one attached hydrogen (secondary N) is 1. The van der Waals surface area contributed by atoms with Crippen molar-refractivity contribution in [2.75, 3.05) is 12.3 Å². The molecular formula is C17H35CuNS2. The monoisotopic (exact) mass is 380 g/mol. The molecule has 0 fully saturated rings. The Kier molecular flexibility index (Phi) is 19.6. The molecule has 0 heterocycles. The van der Waals surface area contributed by atoms with Gasteiger partial charge in [0.05, 0.1) is 0 Å². The number of hydrogen-bond donors (Lipinski definition) is 1. The standard InChI is InChI=1S/C17H35NS2.Cu/c1-5-9-11-15(7-3)13-18-17(19)20-14-16(8-4)12-10-6-2;/h15-16H,5-14H2,1-4H3,(H,18,19);. The van der Waals surface area contributed by atoms with Gasteiger partial charge in [0.25, 0.3) is 0 Å². The molecule has 1 N–H and O–H groups in total. The van der Waals surface area contributed by atoms with E-state index in [1.807, 2.05) is 11.8 Å². The summed E-state index contributed by atoms with van der Waals surface area (Å²) in [5.41, 5.74) is 0. The summed E-state index contributed by atoms with van der Waals surface area (Å²) in [5.74, 6) is 2.81. The Hall–Kier alpha value is 0.759. The fourth-order valence-corrected chi connectivity index (χ4v) is 3.58. The topological polar surface area (TPSA) is 12.0 Å². The largest absolute Gasteiger partial charge is 0.371 e. The normalized spacial score (nSPS) is 13.3. The fourth-order valence-electron chi connectivity index (χ4n) is 2.31. The Labute approximate surface area is 153 Å². The molecule has 0 aliphatic heterocycles. The first-order valence-electron chi connectivity index (χ1n) is 8.58. The van der Waals surface area contributed by atoms with Crippen LogP contribution in [0.2, 0.25) is 0 Å². The van der Waals surface area contributed by atoms with Gasteiger partial charge in [0.15, 0.2) is 0 Å². The summed E-state index contributed by atoms with van der Waals surface area (Å²) in [6, 6.07) is 0. The van der Waals surface area contributed by atoms with Crippen molar-refractivity contribution in [1.82, 2.24) is 5.32 Å². The molecule has 0 bridgehead atoms. The first kappa shape index (κ1) is 24.0. The molecule has 2 unspecified atom stereocenters. The van der Waals surface area contributed by atoms with Crippen LogP contribution in [0.4, 0.5) is 0 Å². The first-order valence-corrected chi connectivity index (χ1v) is 9.97. The van der Waals surface area contributed by atoms with Gasteiger partial charge in [-0.1, -0.05) is 90.2 Å². The van der Waals surface area contributed by atoms with E-state index in [2.05, 4.69) is 33.0 Å². The van der Waals surface area contributed by atoms with Gasteiger partial charge in [0, 0.05) is 29.4 Å². The molecule has 0 aromatic carbocycles. The fraction of sp³-hybridized carbons (Fsp3) is 0.941. The zero-order chi connectivity index (χ0) is 15.2. The number of thiocarbonyl (C=S) groups is 1. The third kappa shape index (κ3) is 14.1. The van der Waals surface area contributed by atoms with Crippen LogP contribution >= 0.6 is 24.0 Å². The van der Waals surface area contributed by atoms with E-state index in [4.69, 9.17) is 12.2 Å². The molecule has 0 aromatic rings. The Morgan fingerprint density at radius 2 is 1.48 bits per heavy atom. The predicted octanol–water partition coefficient (Wildman–Crippen LogP) is 6.02. The average molecular weight is 381 g/mol. The average Bonchev–Trinajstić information content (AvgIpc) is 2.47. The summed E-state index contributed by atoms with van der Waals surface area (Å²) in [5, 5.41) is 3.47. The van der Waals surface area contributed by atoms with Gasteiger partial charge in [-0.25, -0.2) is 0 Å². The second-order valence-electron chi connectivity index (χ2n) is 5.81. The molecule has 2 atom stereocenters. The summed E-state index contributed by atoms with van der Waals surface area (Å²) in [7, 11) is 0. The van der Waals surface area contributed by atoms with Gasteiger partial charge < -0.3 is 5.32 Å². The van der Waals surface area contributed by atoms with E-state index >= 15 is 0 Å². The molecule has 0 amide bonds. The van der Waals surface area contributed by atoms with Crippen LogP contribution in [0.15, 0.2) is 0 Å². The van der Waals surface area contributed by atoms with Crippen molar-refractivity contribution in [1.29, 1.82) is 0 Å². The van der Waals surface area contributed by atoms with Crippen LogP contribution < -0.4 is 5.32 Å². The van der Waals surface area contributed by atoms with Gasteiger partial charge in [-0.05, 0) is 24.7 Å². The van der Waals surface area contributed by atoms with E-state index in [9.17, 15) is 0 Å². The summed E-state index contributed by atoms with van der Waals surface area (Å²) >= 11 is 7.32. The second-order valence-corrected chi connectivity index (χ2v) is 7.51. The van der Waals surface area contributed by atoms with Crippen molar-refractivity contribution in [3.8, 4) is 0 Å². The van der Waals surface area contributed by atoms with Crippen molar-refractivity contribution in [3.05, 3.63) is 0 Å². The summed E-state index contributed by atoms with van der Waals surface area (Å²) in [6.45, 7) is 10.2. The third-order valence-corrected chi connectivity index (χ3v) is 5.61. The molecule has 0 rings (SSSR count). The minimum Gasteiger partial charge on any atom is -0.371 e. The van der Waals surface area contributed by atoms with Gasteiger partial charge in [0.2, 0.25) is 0 Å². The van der Waals surface area contributed by atoms with Gasteiger partial charge in [-0.2, -0.15) is 0 Å². The Morgan fingerprint density at radius 3 is 1.95 bits per heavy atom. The maximum absolute atomic E-state index is 5.46. The van der Waals surface area contributed by atoms with E-state index in [0.717, 1.165) is 22.7 Å². The van der Waals surface area contributed by atoms with Crippen LogP contribution in [-0.4, -0.2) is 16.6 Å². The smallest absolute Gasteiger partial charge is 0.133 e. The van der Waals surface area contributed by atoms with Crippen LogP contribution in [0, 0.1) is 11.8 Å². The Morgan fingerprint density at radius 1 is 0.952 bits per heavy atom. The summed E-state index contributed by atoms with van der Waals surface area (Å²) in [6.07, 6.45) is 10.5. The minimum atomic E-state index is 0. The minimum absolute atomic E-state index is 0. The van der Waals surface area contributed by atoms with Crippen molar-refractivity contribution in [3.63, 3.8) is 0 Å². The zero-order valence-electron chi connectivity index (χ0n) is 14.3. The molecule has 4 heteroatoms. The Balaban J connectivity index is 0. The molecule has 0 saturated heterocycles. The SMILES string of the molecule is CCCCC(CC)CNC(=S)SCC(CC)CCCC.[Cu]. The second kappa shape index (κ2) is 17.1. The third-order valence-electron chi connectivity index (χ3n) is 4.07. The zero-order valence-corrected chi connectivity index (χ0v) is 16.9. The van der Waals surface area contributed by atoms with Crippen LogP contribution in [0.25, 0.3) is 0 Å². The van der Waals surface area contributed by atoms with Crippen LogP contribution in [0.3, 0.4) is 0 Å². The molecular weight excluding hydrogens is 346 g/mol. The van der Waals surface area contributed by atoms with E-state index in [-0.39, 0.29) is 17.1 Å². The molecule has 21 heavy (non-hydrogen) atoms. The van der Waals surface area contributed by atoms with Gasteiger partial charge in [-0.15, -0.1) is 0 Å². The number of hydrogen-bond acceptors (Lipinski definition) is 2. The molecule has 0 aliphatic carbocycles. The maximum Gasteiger partial charge on any atom is 0.133 e. The van der Waals surface area contributed by atoms with Crippen molar-refractivity contribution in [2.45, 2.75) is 79.1 Å². The van der Waals surface area contributed by atoms with Crippen LogP contribution in [0.1, 0.15) is 79.1 Å². The van der Waals surface area contributed by atoms with Crippen LogP contribution in [0.5, 0.6) is 0 Å². The van der Waals surface area contributed by atoms with Gasteiger partial charge in [0.1, 0.15) is 4.32 Å². The van der Waals surface area contributed by atoms with Crippen molar-refractivity contribution in [2.24, 2.45) is 11.8 Å². The van der Waals surface area contributed by atoms with Crippen LogP contribution in [-0.2, 0) is 17.1 Å². The maximum atomic E-state index is 5.46. The molecule has 131 valence electrons.